The average molecular weight is 553 g/mol. The number of hydrogen-bond acceptors (Lipinski definition) is 9. The maximum atomic E-state index is 6.60. The quantitative estimate of drug-likeness (QED) is 0.253. The second-order valence-corrected chi connectivity index (χ2v) is 9.91. The molecular formula is C28H33ClN6O4. The summed E-state index contributed by atoms with van der Waals surface area (Å²) in [4.78, 5) is 11.2. The van der Waals surface area contributed by atoms with Gasteiger partial charge in [0.05, 0.1) is 54.1 Å². The Morgan fingerprint density at radius 1 is 1.26 bits per heavy atom. The van der Waals surface area contributed by atoms with Gasteiger partial charge in [-0.15, -0.1) is 0 Å². The van der Waals surface area contributed by atoms with Gasteiger partial charge in [0.15, 0.2) is 0 Å². The summed E-state index contributed by atoms with van der Waals surface area (Å²) < 4.78 is 25.5. The minimum absolute atomic E-state index is 0.197. The Bertz CT molecular complexity index is 1470. The van der Waals surface area contributed by atoms with Crippen LogP contribution in [0.3, 0.4) is 0 Å². The Labute approximate surface area is 232 Å². The van der Waals surface area contributed by atoms with E-state index in [1.807, 2.05) is 44.1 Å². The third kappa shape index (κ3) is 5.68. The number of likely N-dealkylation sites (N-methyl/N-ethyl adjacent to an activating group) is 1. The molecule has 4 aromatic rings. The van der Waals surface area contributed by atoms with Crippen molar-refractivity contribution in [1.29, 1.82) is 0 Å². The SMILES string of the molecule is CCOC[C@@H](CN(C)C)Oc1cc(OC)c(Nc2ncc(Cl)c(-c3cn4c5c(cccc35)OCC4)n2)cc1N. The van der Waals surface area contributed by atoms with Gasteiger partial charge in [0, 0.05) is 36.4 Å². The Morgan fingerprint density at radius 3 is 2.87 bits per heavy atom. The zero-order valence-corrected chi connectivity index (χ0v) is 23.3. The molecular weight excluding hydrogens is 520 g/mol. The van der Waals surface area contributed by atoms with Crippen LogP contribution in [0.25, 0.3) is 22.2 Å². The van der Waals surface area contributed by atoms with Crippen molar-refractivity contribution in [3.63, 3.8) is 0 Å². The average Bonchev–Trinajstić information content (AvgIpc) is 3.29. The van der Waals surface area contributed by atoms with E-state index < -0.39 is 0 Å². The molecule has 1 atom stereocenters. The maximum absolute atomic E-state index is 6.60. The third-order valence-corrected chi connectivity index (χ3v) is 6.68. The third-order valence-electron chi connectivity index (χ3n) is 6.40. The standard InChI is InChI=1S/C28H33ClN6O4/c1-5-37-16-17(14-34(2)3)39-24-12-25(36-4)22(11-21(24)30)32-28-31-13-20(29)26(33-28)19-15-35-9-10-38-23-8-6-7-18(19)27(23)35/h6-8,11-13,15,17H,5,9-10,14,16,30H2,1-4H3,(H,31,32,33)/t17-/m1/s1. The van der Waals surface area contributed by atoms with Crippen LogP contribution in [0.4, 0.5) is 17.3 Å². The fourth-order valence-electron chi connectivity index (χ4n) is 4.70. The number of benzene rings is 2. The molecule has 1 aliphatic rings. The summed E-state index contributed by atoms with van der Waals surface area (Å²) in [6, 6.07) is 9.49. The molecule has 0 fully saturated rings. The van der Waals surface area contributed by atoms with Gasteiger partial charge < -0.3 is 39.5 Å². The molecule has 0 bridgehead atoms. The van der Waals surface area contributed by atoms with Crippen LogP contribution in [-0.4, -0.2) is 73.1 Å². The van der Waals surface area contributed by atoms with E-state index in [2.05, 4.69) is 21.1 Å². The number of hydrogen-bond donors (Lipinski definition) is 2. The molecule has 10 nitrogen and oxygen atoms in total. The number of nitrogens with two attached hydrogens (primary N) is 1. The van der Waals surface area contributed by atoms with Crippen molar-refractivity contribution in [1.82, 2.24) is 19.4 Å². The van der Waals surface area contributed by atoms with Crippen molar-refractivity contribution >= 4 is 39.8 Å². The normalized spacial score (nSPS) is 13.4. The number of anilines is 3. The lowest BCUT2D eigenvalue weighted by atomic mass is 10.1. The van der Waals surface area contributed by atoms with Gasteiger partial charge in [-0.3, -0.25) is 0 Å². The fraction of sp³-hybridized carbons (Fsp3) is 0.357. The van der Waals surface area contributed by atoms with Crippen LogP contribution >= 0.6 is 11.6 Å². The maximum Gasteiger partial charge on any atom is 0.227 e. The molecule has 3 N–H and O–H groups in total. The fourth-order valence-corrected chi connectivity index (χ4v) is 4.90. The topological polar surface area (TPSA) is 109 Å². The highest BCUT2D eigenvalue weighted by Gasteiger charge is 2.21. The zero-order valence-electron chi connectivity index (χ0n) is 22.5. The molecule has 0 saturated heterocycles. The first kappa shape index (κ1) is 26.9. The largest absolute Gasteiger partial charge is 0.494 e. The van der Waals surface area contributed by atoms with Crippen LogP contribution < -0.4 is 25.3 Å². The summed E-state index contributed by atoms with van der Waals surface area (Å²) in [6.45, 7) is 5.05. The Kier molecular flexibility index (Phi) is 7.97. The molecule has 2 aromatic carbocycles. The number of rotatable bonds is 11. The molecule has 5 rings (SSSR count). The van der Waals surface area contributed by atoms with Crippen LogP contribution in [0.15, 0.2) is 42.7 Å². The van der Waals surface area contributed by atoms with Gasteiger partial charge in [0.25, 0.3) is 0 Å². The molecule has 0 aliphatic carbocycles. The van der Waals surface area contributed by atoms with Crippen molar-refractivity contribution < 1.29 is 18.9 Å². The molecule has 11 heteroatoms. The number of ether oxygens (including phenoxy) is 4. The lowest BCUT2D eigenvalue weighted by Gasteiger charge is -2.24. The molecule has 206 valence electrons. The van der Waals surface area contributed by atoms with E-state index in [-0.39, 0.29) is 6.10 Å². The van der Waals surface area contributed by atoms with Crippen LogP contribution in [0, 0.1) is 0 Å². The van der Waals surface area contributed by atoms with Gasteiger partial charge >= 0.3 is 0 Å². The minimum atomic E-state index is -0.197. The second kappa shape index (κ2) is 11.6. The van der Waals surface area contributed by atoms with Crippen molar-refractivity contribution in [2.75, 3.05) is 58.6 Å². The number of aromatic nitrogens is 3. The first-order valence-corrected chi connectivity index (χ1v) is 13.2. The van der Waals surface area contributed by atoms with E-state index >= 15 is 0 Å². The van der Waals surface area contributed by atoms with Crippen molar-refractivity contribution in [2.24, 2.45) is 0 Å². The highest BCUT2D eigenvalue weighted by molar-refractivity contribution is 6.33. The first-order valence-electron chi connectivity index (χ1n) is 12.8. The van der Waals surface area contributed by atoms with Crippen LogP contribution in [0.5, 0.6) is 17.2 Å². The summed E-state index contributed by atoms with van der Waals surface area (Å²) in [7, 11) is 5.55. The minimum Gasteiger partial charge on any atom is -0.494 e. The number of nitrogens with one attached hydrogen (secondary N) is 1. The second-order valence-electron chi connectivity index (χ2n) is 9.50. The predicted octanol–water partition coefficient (Wildman–Crippen LogP) is 4.82. The highest BCUT2D eigenvalue weighted by Crippen LogP contribution is 2.40. The van der Waals surface area contributed by atoms with Crippen molar-refractivity contribution in [3.8, 4) is 28.5 Å². The number of halogens is 1. The predicted molar refractivity (Wildman–Crippen MR) is 154 cm³/mol. The summed E-state index contributed by atoms with van der Waals surface area (Å²) in [5, 5.41) is 4.70. The lowest BCUT2D eigenvalue weighted by Crippen LogP contribution is -2.34. The Hall–Kier alpha value is -3.73. The Morgan fingerprint density at radius 2 is 2.10 bits per heavy atom. The molecule has 39 heavy (non-hydrogen) atoms. The van der Waals surface area contributed by atoms with E-state index in [4.69, 9.17) is 41.3 Å². The summed E-state index contributed by atoms with van der Waals surface area (Å²) in [6.07, 6.45) is 3.45. The number of para-hydroxylation sites is 1. The van der Waals surface area contributed by atoms with Gasteiger partial charge in [-0.25, -0.2) is 9.97 Å². The number of nitrogen functional groups attached to an aromatic ring is 1. The van der Waals surface area contributed by atoms with Crippen LogP contribution in [-0.2, 0) is 11.3 Å². The first-order chi connectivity index (χ1) is 18.9. The van der Waals surface area contributed by atoms with E-state index in [0.717, 1.165) is 28.8 Å². The molecule has 1 aliphatic heterocycles. The highest BCUT2D eigenvalue weighted by atomic mass is 35.5. The molecule has 0 radical (unpaired) electrons. The number of methoxy groups -OCH3 is 1. The van der Waals surface area contributed by atoms with Gasteiger partial charge in [0.2, 0.25) is 5.95 Å². The summed E-state index contributed by atoms with van der Waals surface area (Å²) in [5.41, 5.74) is 10.0. The molecule has 2 aromatic heterocycles. The summed E-state index contributed by atoms with van der Waals surface area (Å²) in [5.74, 6) is 2.25. The monoisotopic (exact) mass is 552 g/mol. The smallest absolute Gasteiger partial charge is 0.227 e. The molecule has 0 unspecified atom stereocenters. The van der Waals surface area contributed by atoms with Gasteiger partial charge in [-0.05, 0) is 33.2 Å². The van der Waals surface area contributed by atoms with E-state index in [9.17, 15) is 0 Å². The van der Waals surface area contributed by atoms with E-state index in [0.29, 0.717) is 65.9 Å². The van der Waals surface area contributed by atoms with E-state index in [1.54, 1.807) is 25.4 Å². The summed E-state index contributed by atoms with van der Waals surface area (Å²) >= 11 is 6.60. The van der Waals surface area contributed by atoms with Crippen LogP contribution in [0.2, 0.25) is 5.02 Å². The van der Waals surface area contributed by atoms with Crippen molar-refractivity contribution in [2.45, 2.75) is 19.6 Å². The van der Waals surface area contributed by atoms with Crippen molar-refractivity contribution in [3.05, 3.63) is 47.7 Å². The molecule has 0 amide bonds. The molecule has 0 spiro atoms. The van der Waals surface area contributed by atoms with Gasteiger partial charge in [-0.2, -0.15) is 0 Å². The Balaban J connectivity index is 1.44. The van der Waals surface area contributed by atoms with E-state index in [1.165, 1.54) is 0 Å². The lowest BCUT2D eigenvalue weighted by molar-refractivity contribution is 0.0435. The van der Waals surface area contributed by atoms with Gasteiger partial charge in [0.1, 0.15) is 30.0 Å². The molecule has 0 saturated carbocycles. The van der Waals surface area contributed by atoms with Gasteiger partial charge in [-0.1, -0.05) is 23.7 Å². The number of nitrogens with zero attached hydrogens (tertiary/aromatic N) is 4. The zero-order chi connectivity index (χ0) is 27.5. The van der Waals surface area contributed by atoms with Crippen LogP contribution in [0.1, 0.15) is 6.92 Å². The molecule has 3 heterocycles.